The van der Waals surface area contributed by atoms with Crippen LogP contribution in [0.25, 0.3) is 22.4 Å². The van der Waals surface area contributed by atoms with Crippen LogP contribution in [0.1, 0.15) is 11.5 Å². The Morgan fingerprint density at radius 2 is 1.70 bits per heavy atom. The van der Waals surface area contributed by atoms with Crippen molar-refractivity contribution < 1.29 is 17.7 Å². The first-order chi connectivity index (χ1) is 12.8. The number of halogens is 3. The molecule has 0 aliphatic heterocycles. The number of alkyl halides is 3. The molecule has 0 saturated heterocycles. The molecule has 0 atom stereocenters. The minimum atomic E-state index is -4.68. The van der Waals surface area contributed by atoms with E-state index in [4.69, 9.17) is 0 Å². The number of nitrogens with zero attached hydrogens (tertiary/aromatic N) is 4. The van der Waals surface area contributed by atoms with E-state index in [1.807, 2.05) is 24.3 Å². The molecule has 6 nitrogen and oxygen atoms in total. The maximum atomic E-state index is 12.6. The topological polar surface area (TPSA) is 65.8 Å². The molecule has 2 aromatic heterocycles. The zero-order valence-electron chi connectivity index (χ0n) is 14.1. The number of rotatable bonds is 3. The van der Waals surface area contributed by atoms with Crippen molar-refractivity contribution in [2.24, 2.45) is 7.05 Å². The summed E-state index contributed by atoms with van der Waals surface area (Å²) in [5.41, 5.74) is 2.70. The van der Waals surface area contributed by atoms with E-state index in [0.29, 0.717) is 12.1 Å². The number of aryl methyl sites for hydroxylation is 1. The number of aromatic nitrogens is 4. The fourth-order valence-electron chi connectivity index (χ4n) is 2.91. The van der Waals surface area contributed by atoms with Gasteiger partial charge >= 0.3 is 17.8 Å². The number of hydrogen-bond donors (Lipinski definition) is 0. The van der Waals surface area contributed by atoms with Gasteiger partial charge in [-0.1, -0.05) is 41.6 Å². The van der Waals surface area contributed by atoms with Gasteiger partial charge in [0.2, 0.25) is 5.82 Å². The predicted molar refractivity (Wildman–Crippen MR) is 91.0 cm³/mol. The van der Waals surface area contributed by atoms with Crippen LogP contribution in [-0.2, 0) is 19.8 Å². The van der Waals surface area contributed by atoms with E-state index in [1.165, 1.54) is 0 Å². The van der Waals surface area contributed by atoms with Crippen molar-refractivity contribution in [3.8, 4) is 11.4 Å². The molecule has 0 aliphatic rings. The predicted octanol–water partition coefficient (Wildman–Crippen LogP) is 3.46. The molecule has 2 aromatic carbocycles. The number of benzene rings is 2. The maximum absolute atomic E-state index is 12.6. The average Bonchev–Trinajstić information content (AvgIpc) is 3.23. The van der Waals surface area contributed by atoms with Gasteiger partial charge in [0.25, 0.3) is 0 Å². The standard InChI is InChI=1S/C18H13F3N4O2/c1-24-13-4-2-3-5-14(13)25(17(24)26)10-11-6-8-12(9-7-11)15-22-16(27-23-15)18(19,20)21/h2-9H,10H2,1H3. The summed E-state index contributed by atoms with van der Waals surface area (Å²) >= 11 is 0. The van der Waals surface area contributed by atoms with Crippen molar-refractivity contribution in [3.63, 3.8) is 0 Å². The lowest BCUT2D eigenvalue weighted by molar-refractivity contribution is -0.159. The van der Waals surface area contributed by atoms with Crippen molar-refractivity contribution >= 4 is 11.0 Å². The highest BCUT2D eigenvalue weighted by Crippen LogP contribution is 2.29. The summed E-state index contributed by atoms with van der Waals surface area (Å²) in [6, 6.07) is 14.1. The smallest absolute Gasteiger partial charge is 0.329 e. The van der Waals surface area contributed by atoms with Crippen molar-refractivity contribution in [3.05, 3.63) is 70.5 Å². The zero-order valence-corrected chi connectivity index (χ0v) is 14.1. The molecule has 0 fully saturated rings. The van der Waals surface area contributed by atoms with Gasteiger partial charge in [-0.15, -0.1) is 0 Å². The average molecular weight is 374 g/mol. The SMILES string of the molecule is Cn1c(=O)n(Cc2ccc(-c3noc(C(F)(F)F)n3)cc2)c2ccccc21. The van der Waals surface area contributed by atoms with Crippen LogP contribution in [0.2, 0.25) is 0 Å². The molecule has 9 heteroatoms. The Hall–Kier alpha value is -3.36. The van der Waals surface area contributed by atoms with Crippen LogP contribution < -0.4 is 5.69 Å². The van der Waals surface area contributed by atoms with Crippen LogP contribution in [0.4, 0.5) is 13.2 Å². The second-order valence-corrected chi connectivity index (χ2v) is 6.03. The van der Waals surface area contributed by atoms with Crippen LogP contribution in [0, 0.1) is 0 Å². The Bertz CT molecular complexity index is 1170. The molecular formula is C18H13F3N4O2. The fourth-order valence-corrected chi connectivity index (χ4v) is 2.91. The lowest BCUT2D eigenvalue weighted by atomic mass is 10.1. The molecule has 0 N–H and O–H groups in total. The molecule has 0 amide bonds. The van der Waals surface area contributed by atoms with Crippen LogP contribution in [0.15, 0.2) is 57.8 Å². The van der Waals surface area contributed by atoms with E-state index >= 15 is 0 Å². The van der Waals surface area contributed by atoms with E-state index in [1.54, 1.807) is 40.4 Å². The molecule has 2 heterocycles. The highest BCUT2D eigenvalue weighted by Gasteiger charge is 2.38. The molecule has 4 rings (SSSR count). The van der Waals surface area contributed by atoms with Crippen molar-refractivity contribution in [2.75, 3.05) is 0 Å². The molecule has 0 radical (unpaired) electrons. The Kier molecular flexibility index (Phi) is 3.87. The normalized spacial score (nSPS) is 12.0. The summed E-state index contributed by atoms with van der Waals surface area (Å²) in [5.74, 6) is -1.53. The molecule has 138 valence electrons. The van der Waals surface area contributed by atoms with Gasteiger partial charge in [-0.05, 0) is 17.7 Å². The molecular weight excluding hydrogens is 361 g/mol. The molecule has 0 aliphatic carbocycles. The number of hydrogen-bond acceptors (Lipinski definition) is 4. The summed E-state index contributed by atoms with van der Waals surface area (Å²) in [6.45, 7) is 0.334. The lowest BCUT2D eigenvalue weighted by Gasteiger charge is -2.04. The largest absolute Gasteiger partial charge is 0.471 e. The number of imidazole rings is 1. The third-order valence-corrected chi connectivity index (χ3v) is 4.27. The van der Waals surface area contributed by atoms with Crippen LogP contribution >= 0.6 is 0 Å². The summed E-state index contributed by atoms with van der Waals surface area (Å²) in [5, 5.41) is 3.36. The van der Waals surface area contributed by atoms with Gasteiger partial charge in [-0.3, -0.25) is 9.13 Å². The second-order valence-electron chi connectivity index (χ2n) is 6.03. The fraction of sp³-hybridized carbons (Fsp3) is 0.167. The Morgan fingerprint density at radius 3 is 2.33 bits per heavy atom. The minimum Gasteiger partial charge on any atom is -0.329 e. The first kappa shape index (κ1) is 17.1. The Balaban J connectivity index is 1.63. The summed E-state index contributed by atoms with van der Waals surface area (Å²) in [4.78, 5) is 15.8. The Morgan fingerprint density at radius 1 is 1.04 bits per heavy atom. The molecule has 0 bridgehead atoms. The molecule has 27 heavy (non-hydrogen) atoms. The third-order valence-electron chi connectivity index (χ3n) is 4.27. The van der Waals surface area contributed by atoms with Crippen molar-refractivity contribution in [1.82, 2.24) is 19.3 Å². The van der Waals surface area contributed by atoms with Gasteiger partial charge in [0.05, 0.1) is 17.6 Å². The van der Waals surface area contributed by atoms with Crippen LogP contribution in [-0.4, -0.2) is 19.3 Å². The number of para-hydroxylation sites is 2. The quantitative estimate of drug-likeness (QED) is 0.551. The maximum Gasteiger partial charge on any atom is 0.471 e. The van der Waals surface area contributed by atoms with E-state index in [9.17, 15) is 18.0 Å². The Labute approximate surface area is 150 Å². The molecule has 4 aromatic rings. The van der Waals surface area contributed by atoms with Crippen molar-refractivity contribution in [2.45, 2.75) is 12.7 Å². The zero-order chi connectivity index (χ0) is 19.2. The summed E-state index contributed by atoms with van der Waals surface area (Å²) < 4.78 is 45.1. The van der Waals surface area contributed by atoms with E-state index in [-0.39, 0.29) is 11.5 Å². The highest BCUT2D eigenvalue weighted by atomic mass is 19.4. The van der Waals surface area contributed by atoms with Gasteiger partial charge in [-0.2, -0.15) is 18.2 Å². The first-order valence-electron chi connectivity index (χ1n) is 7.99. The van der Waals surface area contributed by atoms with E-state index in [2.05, 4.69) is 14.7 Å². The summed E-state index contributed by atoms with van der Waals surface area (Å²) in [6.07, 6.45) is -4.68. The number of fused-ring (bicyclic) bond motifs is 1. The van der Waals surface area contributed by atoms with E-state index in [0.717, 1.165) is 16.6 Å². The second kappa shape index (κ2) is 6.11. The van der Waals surface area contributed by atoms with Gasteiger partial charge in [-0.25, -0.2) is 4.79 Å². The van der Waals surface area contributed by atoms with Crippen molar-refractivity contribution in [1.29, 1.82) is 0 Å². The van der Waals surface area contributed by atoms with Gasteiger partial charge in [0, 0.05) is 12.6 Å². The van der Waals surface area contributed by atoms with Gasteiger partial charge < -0.3 is 4.52 Å². The highest BCUT2D eigenvalue weighted by molar-refractivity contribution is 5.76. The van der Waals surface area contributed by atoms with E-state index < -0.39 is 12.1 Å². The van der Waals surface area contributed by atoms with Gasteiger partial charge in [0.1, 0.15) is 0 Å². The minimum absolute atomic E-state index is 0.142. The van der Waals surface area contributed by atoms with Crippen LogP contribution in [0.3, 0.4) is 0 Å². The third kappa shape index (κ3) is 3.01. The monoisotopic (exact) mass is 374 g/mol. The van der Waals surface area contributed by atoms with Gasteiger partial charge in [0.15, 0.2) is 0 Å². The first-order valence-corrected chi connectivity index (χ1v) is 7.99. The molecule has 0 unspecified atom stereocenters. The summed E-state index contributed by atoms with van der Waals surface area (Å²) in [7, 11) is 1.71. The molecule has 0 spiro atoms. The molecule has 0 saturated carbocycles. The van der Waals surface area contributed by atoms with Crippen LogP contribution in [0.5, 0.6) is 0 Å². The lowest BCUT2D eigenvalue weighted by Crippen LogP contribution is -2.22.